The van der Waals surface area contributed by atoms with Crippen molar-refractivity contribution in [2.75, 3.05) is 5.43 Å². The van der Waals surface area contributed by atoms with Crippen molar-refractivity contribution < 1.29 is 4.74 Å². The Hall–Kier alpha value is -2.49. The van der Waals surface area contributed by atoms with Gasteiger partial charge in [0.25, 0.3) is 0 Å². The number of rotatable bonds is 6. The summed E-state index contributed by atoms with van der Waals surface area (Å²) in [7, 11) is 0. The minimum absolute atomic E-state index is 0.306. The summed E-state index contributed by atoms with van der Waals surface area (Å²) in [5, 5.41) is 5.45. The monoisotopic (exact) mass is 384 g/mol. The Kier molecular flexibility index (Phi) is 6.16. The molecule has 132 valence electrons. The fourth-order valence-corrected chi connectivity index (χ4v) is 2.83. The van der Waals surface area contributed by atoms with Crippen molar-refractivity contribution in [2.24, 2.45) is 5.10 Å². The lowest BCUT2D eigenvalue weighted by molar-refractivity contribution is 0.306. The molecule has 5 heteroatoms. The van der Waals surface area contributed by atoms with E-state index in [1.807, 2.05) is 61.5 Å². The van der Waals surface area contributed by atoms with Crippen molar-refractivity contribution in [1.82, 2.24) is 0 Å². The minimum atomic E-state index is 0.306. The number of nitrogens with one attached hydrogen (secondary N) is 1. The number of halogens is 2. The van der Waals surface area contributed by atoms with Gasteiger partial charge in [-0.2, -0.15) is 5.10 Å². The van der Waals surface area contributed by atoms with E-state index in [9.17, 15) is 0 Å². The Balaban J connectivity index is 1.62. The summed E-state index contributed by atoms with van der Waals surface area (Å²) >= 11 is 12.3. The van der Waals surface area contributed by atoms with Crippen LogP contribution in [0.5, 0.6) is 5.75 Å². The molecule has 3 rings (SSSR count). The zero-order valence-corrected chi connectivity index (χ0v) is 15.8. The molecule has 0 aliphatic rings. The summed E-state index contributed by atoms with van der Waals surface area (Å²) in [6.45, 7) is 2.36. The van der Waals surface area contributed by atoms with Gasteiger partial charge >= 0.3 is 0 Å². The largest absolute Gasteiger partial charge is 0.489 e. The van der Waals surface area contributed by atoms with Gasteiger partial charge in [-0.1, -0.05) is 59.1 Å². The highest BCUT2D eigenvalue weighted by Gasteiger charge is 2.06. The van der Waals surface area contributed by atoms with Crippen LogP contribution in [0.3, 0.4) is 0 Å². The maximum Gasteiger partial charge on any atom is 0.120 e. The average Bonchev–Trinajstić information content (AvgIpc) is 2.63. The molecule has 0 atom stereocenters. The lowest BCUT2D eigenvalue weighted by Crippen LogP contribution is -1.98. The third kappa shape index (κ3) is 5.01. The third-order valence-electron chi connectivity index (χ3n) is 3.76. The van der Waals surface area contributed by atoms with Gasteiger partial charge in [0.1, 0.15) is 12.4 Å². The number of nitrogens with zero attached hydrogens (tertiary/aromatic N) is 1. The molecule has 3 nitrogen and oxygen atoms in total. The van der Waals surface area contributed by atoms with Crippen LogP contribution in [-0.2, 0) is 6.61 Å². The summed E-state index contributed by atoms with van der Waals surface area (Å²) in [5.41, 5.74) is 6.85. The first-order valence-electron chi connectivity index (χ1n) is 8.13. The van der Waals surface area contributed by atoms with E-state index >= 15 is 0 Å². The molecule has 0 bridgehead atoms. The van der Waals surface area contributed by atoms with Gasteiger partial charge in [0.05, 0.1) is 11.9 Å². The molecule has 0 heterocycles. The molecule has 0 saturated carbocycles. The number of anilines is 1. The number of ether oxygens (including phenoxy) is 1. The van der Waals surface area contributed by atoms with Gasteiger partial charge in [0.2, 0.25) is 0 Å². The first-order valence-corrected chi connectivity index (χ1v) is 8.89. The quantitative estimate of drug-likeness (QED) is 0.398. The van der Waals surface area contributed by atoms with Gasteiger partial charge in [0, 0.05) is 15.6 Å². The van der Waals surface area contributed by atoms with Crippen molar-refractivity contribution >= 4 is 35.1 Å². The second kappa shape index (κ2) is 8.75. The predicted molar refractivity (Wildman–Crippen MR) is 110 cm³/mol. The van der Waals surface area contributed by atoms with Gasteiger partial charge < -0.3 is 4.74 Å². The van der Waals surface area contributed by atoms with Crippen LogP contribution < -0.4 is 10.2 Å². The Bertz CT molecular complexity index is 888. The van der Waals surface area contributed by atoms with Gasteiger partial charge in [-0.25, -0.2) is 0 Å². The lowest BCUT2D eigenvalue weighted by Gasteiger charge is -2.10. The molecule has 0 spiro atoms. The SMILES string of the molecule is Cc1ccc(NN=Cc2cccc(OCc3c(Cl)cccc3Cl)c2)cc1. The first-order chi connectivity index (χ1) is 12.6. The average molecular weight is 385 g/mol. The topological polar surface area (TPSA) is 33.6 Å². The van der Waals surface area contributed by atoms with Crippen molar-refractivity contribution in [1.29, 1.82) is 0 Å². The van der Waals surface area contributed by atoms with E-state index in [2.05, 4.69) is 10.5 Å². The molecule has 0 aliphatic heterocycles. The van der Waals surface area contributed by atoms with Gasteiger partial charge in [0.15, 0.2) is 0 Å². The normalized spacial score (nSPS) is 10.9. The summed E-state index contributed by atoms with van der Waals surface area (Å²) in [6.07, 6.45) is 1.75. The van der Waals surface area contributed by atoms with Crippen LogP contribution in [0.15, 0.2) is 71.8 Å². The van der Waals surface area contributed by atoms with E-state index in [4.69, 9.17) is 27.9 Å². The smallest absolute Gasteiger partial charge is 0.120 e. The predicted octanol–water partition coefficient (Wildman–Crippen LogP) is 6.33. The molecule has 0 saturated heterocycles. The number of benzene rings is 3. The second-order valence-corrected chi connectivity index (χ2v) is 6.61. The van der Waals surface area contributed by atoms with E-state index in [1.165, 1.54) is 5.56 Å². The fourth-order valence-electron chi connectivity index (χ4n) is 2.32. The van der Waals surface area contributed by atoms with Gasteiger partial charge in [-0.15, -0.1) is 0 Å². The van der Waals surface area contributed by atoms with Crippen LogP contribution >= 0.6 is 23.2 Å². The van der Waals surface area contributed by atoms with E-state index in [0.717, 1.165) is 22.6 Å². The number of hydrogen-bond donors (Lipinski definition) is 1. The zero-order chi connectivity index (χ0) is 18.4. The highest BCUT2D eigenvalue weighted by molar-refractivity contribution is 6.35. The summed E-state index contributed by atoms with van der Waals surface area (Å²) in [5.74, 6) is 0.722. The highest BCUT2D eigenvalue weighted by atomic mass is 35.5. The molecule has 3 aromatic carbocycles. The molecular weight excluding hydrogens is 367 g/mol. The summed E-state index contributed by atoms with van der Waals surface area (Å²) in [6, 6.07) is 21.1. The van der Waals surface area contributed by atoms with Gasteiger partial charge in [-0.3, -0.25) is 5.43 Å². The van der Waals surface area contributed by atoms with Crippen LogP contribution in [0.25, 0.3) is 0 Å². The maximum absolute atomic E-state index is 6.17. The molecule has 0 unspecified atom stereocenters. The van der Waals surface area contributed by atoms with E-state index in [-0.39, 0.29) is 0 Å². The van der Waals surface area contributed by atoms with E-state index in [1.54, 1.807) is 18.3 Å². The van der Waals surface area contributed by atoms with Crippen molar-refractivity contribution in [3.63, 3.8) is 0 Å². The van der Waals surface area contributed by atoms with Crippen LogP contribution in [0, 0.1) is 6.92 Å². The first kappa shape index (κ1) is 18.3. The highest BCUT2D eigenvalue weighted by Crippen LogP contribution is 2.26. The van der Waals surface area contributed by atoms with Crippen LogP contribution in [0.1, 0.15) is 16.7 Å². The van der Waals surface area contributed by atoms with E-state index < -0.39 is 0 Å². The number of hydrazone groups is 1. The van der Waals surface area contributed by atoms with Crippen molar-refractivity contribution in [2.45, 2.75) is 13.5 Å². The Morgan fingerprint density at radius 1 is 0.962 bits per heavy atom. The third-order valence-corrected chi connectivity index (χ3v) is 4.47. The molecule has 0 radical (unpaired) electrons. The molecule has 0 fully saturated rings. The number of aryl methyl sites for hydroxylation is 1. The van der Waals surface area contributed by atoms with Crippen molar-refractivity contribution in [3.8, 4) is 5.75 Å². The van der Waals surface area contributed by atoms with Crippen molar-refractivity contribution in [3.05, 3.63) is 93.5 Å². The number of hydrogen-bond acceptors (Lipinski definition) is 3. The molecule has 3 aromatic rings. The molecule has 1 N–H and O–H groups in total. The standard InChI is InChI=1S/C21H18Cl2N2O/c1-15-8-10-17(11-9-15)25-24-13-16-4-2-5-18(12-16)26-14-19-20(22)6-3-7-21(19)23/h2-13,25H,14H2,1H3. The molecule has 0 aliphatic carbocycles. The fraction of sp³-hybridized carbons (Fsp3) is 0.0952. The zero-order valence-electron chi connectivity index (χ0n) is 14.2. The maximum atomic E-state index is 6.17. The molecular formula is C21H18Cl2N2O. The van der Waals surface area contributed by atoms with E-state index in [0.29, 0.717) is 16.7 Å². The molecule has 0 aromatic heterocycles. The minimum Gasteiger partial charge on any atom is -0.489 e. The summed E-state index contributed by atoms with van der Waals surface area (Å²) in [4.78, 5) is 0. The second-order valence-electron chi connectivity index (χ2n) is 5.80. The Labute approximate surface area is 163 Å². The molecule has 26 heavy (non-hydrogen) atoms. The van der Waals surface area contributed by atoms with Crippen LogP contribution in [0.2, 0.25) is 10.0 Å². The Morgan fingerprint density at radius 3 is 2.38 bits per heavy atom. The molecule has 0 amide bonds. The Morgan fingerprint density at radius 2 is 1.65 bits per heavy atom. The van der Waals surface area contributed by atoms with Crippen LogP contribution in [0.4, 0.5) is 5.69 Å². The lowest BCUT2D eigenvalue weighted by atomic mass is 10.2. The van der Waals surface area contributed by atoms with Gasteiger partial charge in [-0.05, 0) is 48.9 Å². The van der Waals surface area contributed by atoms with Crippen LogP contribution in [-0.4, -0.2) is 6.21 Å². The summed E-state index contributed by atoms with van der Waals surface area (Å²) < 4.78 is 5.82.